The SMILES string of the molecule is CCCc1nccn1Cc1cccnc1Cl. The minimum atomic E-state index is 0.568. The molecule has 0 amide bonds. The number of imidazole rings is 1. The van der Waals surface area contributed by atoms with Gasteiger partial charge in [-0.1, -0.05) is 24.6 Å². The molecule has 0 spiro atoms. The highest BCUT2D eigenvalue weighted by Gasteiger charge is 2.05. The molecule has 0 radical (unpaired) electrons. The van der Waals surface area contributed by atoms with Crippen LogP contribution >= 0.6 is 11.6 Å². The van der Waals surface area contributed by atoms with Gasteiger partial charge >= 0.3 is 0 Å². The van der Waals surface area contributed by atoms with E-state index in [0.717, 1.165) is 30.8 Å². The van der Waals surface area contributed by atoms with E-state index in [1.807, 2.05) is 24.5 Å². The zero-order chi connectivity index (χ0) is 11.4. The Bertz CT molecular complexity index is 465. The fourth-order valence-corrected chi connectivity index (χ4v) is 1.84. The van der Waals surface area contributed by atoms with Crippen molar-refractivity contribution in [1.29, 1.82) is 0 Å². The number of nitrogens with zero attached hydrogens (tertiary/aromatic N) is 3. The second-order valence-corrected chi connectivity index (χ2v) is 4.03. The van der Waals surface area contributed by atoms with Crippen LogP contribution in [-0.4, -0.2) is 14.5 Å². The normalized spacial score (nSPS) is 10.6. The van der Waals surface area contributed by atoms with Crippen molar-refractivity contribution in [2.45, 2.75) is 26.3 Å². The van der Waals surface area contributed by atoms with Crippen LogP contribution in [0.4, 0.5) is 0 Å². The fourth-order valence-electron chi connectivity index (χ4n) is 1.66. The lowest BCUT2D eigenvalue weighted by molar-refractivity contribution is 0.703. The lowest BCUT2D eigenvalue weighted by Gasteiger charge is -2.07. The lowest BCUT2D eigenvalue weighted by Crippen LogP contribution is -2.05. The van der Waals surface area contributed by atoms with Gasteiger partial charge in [-0.3, -0.25) is 0 Å². The zero-order valence-corrected chi connectivity index (χ0v) is 9.98. The van der Waals surface area contributed by atoms with Gasteiger partial charge < -0.3 is 4.57 Å². The third-order valence-electron chi connectivity index (χ3n) is 2.45. The average molecular weight is 236 g/mol. The van der Waals surface area contributed by atoms with E-state index in [2.05, 4.69) is 21.5 Å². The molecule has 2 aromatic rings. The van der Waals surface area contributed by atoms with Gasteiger partial charge in [0.2, 0.25) is 0 Å². The molecule has 16 heavy (non-hydrogen) atoms. The third-order valence-corrected chi connectivity index (χ3v) is 2.79. The van der Waals surface area contributed by atoms with E-state index in [1.165, 1.54) is 0 Å². The highest BCUT2D eigenvalue weighted by molar-refractivity contribution is 6.30. The Balaban J connectivity index is 2.20. The predicted octanol–water partition coefficient (Wildman–Crippen LogP) is 2.93. The van der Waals surface area contributed by atoms with Gasteiger partial charge in [0.25, 0.3) is 0 Å². The van der Waals surface area contributed by atoms with Crippen molar-refractivity contribution >= 4 is 11.6 Å². The van der Waals surface area contributed by atoms with Crippen LogP contribution < -0.4 is 0 Å². The molecule has 0 aliphatic heterocycles. The second-order valence-electron chi connectivity index (χ2n) is 3.67. The van der Waals surface area contributed by atoms with Crippen molar-refractivity contribution in [3.63, 3.8) is 0 Å². The smallest absolute Gasteiger partial charge is 0.133 e. The third kappa shape index (κ3) is 2.42. The Hall–Kier alpha value is -1.35. The molecular weight excluding hydrogens is 222 g/mol. The molecule has 3 nitrogen and oxygen atoms in total. The van der Waals surface area contributed by atoms with Crippen LogP contribution in [0.15, 0.2) is 30.7 Å². The summed E-state index contributed by atoms with van der Waals surface area (Å²) in [5, 5.41) is 0.568. The summed E-state index contributed by atoms with van der Waals surface area (Å²) in [7, 11) is 0. The van der Waals surface area contributed by atoms with E-state index in [-0.39, 0.29) is 0 Å². The first kappa shape index (κ1) is 11.1. The summed E-state index contributed by atoms with van der Waals surface area (Å²) in [4.78, 5) is 8.40. The number of halogens is 1. The summed E-state index contributed by atoms with van der Waals surface area (Å²) in [6.07, 6.45) is 7.60. The molecule has 2 rings (SSSR count). The van der Waals surface area contributed by atoms with E-state index in [9.17, 15) is 0 Å². The number of aromatic nitrogens is 3. The van der Waals surface area contributed by atoms with Crippen LogP contribution in [0.25, 0.3) is 0 Å². The molecule has 84 valence electrons. The first-order valence-corrected chi connectivity index (χ1v) is 5.78. The van der Waals surface area contributed by atoms with Crippen LogP contribution in [0.5, 0.6) is 0 Å². The molecule has 0 aromatic carbocycles. The molecule has 0 bridgehead atoms. The Kier molecular flexibility index (Phi) is 3.57. The van der Waals surface area contributed by atoms with Crippen molar-refractivity contribution in [3.8, 4) is 0 Å². The summed E-state index contributed by atoms with van der Waals surface area (Å²) in [6, 6.07) is 3.89. The van der Waals surface area contributed by atoms with Crippen molar-refractivity contribution in [2.75, 3.05) is 0 Å². The van der Waals surface area contributed by atoms with Gasteiger partial charge in [-0.05, 0) is 12.5 Å². The monoisotopic (exact) mass is 235 g/mol. The van der Waals surface area contributed by atoms with Gasteiger partial charge in [0.05, 0.1) is 6.54 Å². The maximum absolute atomic E-state index is 6.03. The standard InChI is InChI=1S/C12H14ClN3/c1-2-4-11-14-7-8-16(11)9-10-5-3-6-15-12(10)13/h3,5-8H,2,4,9H2,1H3. The molecule has 2 heterocycles. The molecule has 0 saturated heterocycles. The fraction of sp³-hybridized carbons (Fsp3) is 0.333. The summed E-state index contributed by atoms with van der Waals surface area (Å²) in [6.45, 7) is 2.89. The Morgan fingerprint density at radius 2 is 2.19 bits per heavy atom. The molecule has 0 aliphatic rings. The molecule has 0 atom stereocenters. The molecule has 0 fully saturated rings. The van der Waals surface area contributed by atoms with Crippen LogP contribution in [0.1, 0.15) is 24.7 Å². The minimum absolute atomic E-state index is 0.568. The zero-order valence-electron chi connectivity index (χ0n) is 9.23. The Labute approximate surface area is 100 Å². The first-order valence-electron chi connectivity index (χ1n) is 5.40. The number of aryl methyl sites for hydroxylation is 1. The van der Waals surface area contributed by atoms with Gasteiger partial charge in [0.15, 0.2) is 0 Å². The van der Waals surface area contributed by atoms with Gasteiger partial charge in [-0.2, -0.15) is 0 Å². The molecule has 0 unspecified atom stereocenters. The molecule has 0 saturated carbocycles. The number of rotatable bonds is 4. The molecule has 4 heteroatoms. The molecule has 2 aromatic heterocycles. The number of hydrogen-bond donors (Lipinski definition) is 0. The summed E-state index contributed by atoms with van der Waals surface area (Å²) in [5.74, 6) is 1.10. The highest BCUT2D eigenvalue weighted by Crippen LogP contribution is 2.14. The van der Waals surface area contributed by atoms with E-state index in [4.69, 9.17) is 11.6 Å². The average Bonchev–Trinajstić information content (AvgIpc) is 2.70. The van der Waals surface area contributed by atoms with Crippen molar-refractivity contribution in [1.82, 2.24) is 14.5 Å². The highest BCUT2D eigenvalue weighted by atomic mass is 35.5. The first-order chi connectivity index (χ1) is 7.81. The summed E-state index contributed by atoms with van der Waals surface area (Å²) >= 11 is 6.03. The van der Waals surface area contributed by atoms with Gasteiger partial charge in [0.1, 0.15) is 11.0 Å². The molecular formula is C12H14ClN3. The van der Waals surface area contributed by atoms with Crippen molar-refractivity contribution < 1.29 is 0 Å². The second kappa shape index (κ2) is 5.12. The van der Waals surface area contributed by atoms with Gasteiger partial charge in [0, 0.05) is 30.6 Å². The number of pyridine rings is 1. The van der Waals surface area contributed by atoms with E-state index < -0.39 is 0 Å². The van der Waals surface area contributed by atoms with Crippen LogP contribution in [0.3, 0.4) is 0 Å². The maximum Gasteiger partial charge on any atom is 0.133 e. The lowest BCUT2D eigenvalue weighted by atomic mass is 10.2. The van der Waals surface area contributed by atoms with E-state index in [1.54, 1.807) is 6.20 Å². The van der Waals surface area contributed by atoms with Gasteiger partial charge in [-0.15, -0.1) is 0 Å². The van der Waals surface area contributed by atoms with Crippen LogP contribution in [-0.2, 0) is 13.0 Å². The minimum Gasteiger partial charge on any atom is -0.330 e. The van der Waals surface area contributed by atoms with E-state index >= 15 is 0 Å². The Morgan fingerprint density at radius 1 is 1.31 bits per heavy atom. The summed E-state index contributed by atoms with van der Waals surface area (Å²) < 4.78 is 2.12. The van der Waals surface area contributed by atoms with Gasteiger partial charge in [-0.25, -0.2) is 9.97 Å². The predicted molar refractivity (Wildman–Crippen MR) is 64.6 cm³/mol. The number of hydrogen-bond acceptors (Lipinski definition) is 2. The topological polar surface area (TPSA) is 30.7 Å². The van der Waals surface area contributed by atoms with Crippen molar-refractivity contribution in [2.24, 2.45) is 0 Å². The quantitative estimate of drug-likeness (QED) is 0.763. The largest absolute Gasteiger partial charge is 0.330 e. The van der Waals surface area contributed by atoms with Crippen molar-refractivity contribution in [3.05, 3.63) is 47.3 Å². The summed E-state index contributed by atoms with van der Waals surface area (Å²) in [5.41, 5.74) is 1.03. The maximum atomic E-state index is 6.03. The van der Waals surface area contributed by atoms with Crippen LogP contribution in [0.2, 0.25) is 5.15 Å². The van der Waals surface area contributed by atoms with E-state index in [0.29, 0.717) is 5.15 Å². The van der Waals surface area contributed by atoms with Crippen LogP contribution in [0, 0.1) is 0 Å². The molecule has 0 N–H and O–H groups in total. The Morgan fingerprint density at radius 3 is 2.94 bits per heavy atom. The molecule has 0 aliphatic carbocycles.